The molecule has 2 aliphatic rings. The van der Waals surface area contributed by atoms with Crippen LogP contribution in [0.1, 0.15) is 78.4 Å². The van der Waals surface area contributed by atoms with Crippen LogP contribution in [0.15, 0.2) is 60.7 Å². The highest BCUT2D eigenvalue weighted by atomic mass is 16.6. The largest absolute Gasteiger partial charge is 0.480 e. The number of ether oxygens (including phenoxy) is 7. The van der Waals surface area contributed by atoms with Gasteiger partial charge in [0.15, 0.2) is 0 Å². The summed E-state index contributed by atoms with van der Waals surface area (Å²) in [4.78, 5) is 50.8. The van der Waals surface area contributed by atoms with Gasteiger partial charge in [-0.1, -0.05) is 60.7 Å². The first-order valence-electron chi connectivity index (χ1n) is 18.8. The van der Waals surface area contributed by atoms with Gasteiger partial charge in [0.2, 0.25) is 0 Å². The van der Waals surface area contributed by atoms with Gasteiger partial charge >= 0.3 is 24.1 Å². The second-order valence-corrected chi connectivity index (χ2v) is 15.4. The maximum absolute atomic E-state index is 12.4. The Morgan fingerprint density at radius 3 is 1.42 bits per heavy atom. The lowest BCUT2D eigenvalue weighted by atomic mass is 10.2. The first kappa shape index (κ1) is 45.2. The summed E-state index contributed by atoms with van der Waals surface area (Å²) in [6.07, 6.45) is 0.411. The number of aliphatic carboxylic acids is 1. The van der Waals surface area contributed by atoms with Crippen LogP contribution in [0.5, 0.6) is 0 Å². The number of methoxy groups -OCH3 is 1. The first-order valence-corrected chi connectivity index (χ1v) is 18.8. The fourth-order valence-corrected chi connectivity index (χ4v) is 5.83. The molecule has 4 rings (SSSR count). The zero-order valence-electron chi connectivity index (χ0n) is 33.4. The summed E-state index contributed by atoms with van der Waals surface area (Å²) in [6, 6.07) is 18.3. The molecule has 0 saturated carbocycles. The number of carboxylic acids is 1. The van der Waals surface area contributed by atoms with Gasteiger partial charge in [0, 0.05) is 39.3 Å². The van der Waals surface area contributed by atoms with Crippen LogP contribution in [-0.4, -0.2) is 121 Å². The van der Waals surface area contributed by atoms with Gasteiger partial charge < -0.3 is 38.3 Å². The monoisotopic (exact) mass is 772 g/mol. The molecule has 2 aromatic carbocycles. The van der Waals surface area contributed by atoms with Crippen molar-refractivity contribution in [2.45, 2.75) is 116 Å². The average molecular weight is 773 g/mol. The van der Waals surface area contributed by atoms with Crippen LogP contribution in [0.4, 0.5) is 9.59 Å². The number of hydrogen-bond acceptors (Lipinski definition) is 11. The van der Waals surface area contributed by atoms with E-state index in [0.29, 0.717) is 59.0 Å². The number of benzene rings is 2. The van der Waals surface area contributed by atoms with Crippen molar-refractivity contribution in [1.29, 1.82) is 0 Å². The van der Waals surface area contributed by atoms with Crippen LogP contribution in [0.25, 0.3) is 0 Å². The molecular weight excluding hydrogens is 712 g/mol. The Morgan fingerprint density at radius 1 is 0.636 bits per heavy atom. The third-order valence-electron chi connectivity index (χ3n) is 8.34. The fraction of sp³-hybridized carbons (Fsp3) is 0.610. The van der Waals surface area contributed by atoms with E-state index >= 15 is 0 Å². The molecule has 0 aromatic heterocycles. The Labute approximate surface area is 325 Å². The van der Waals surface area contributed by atoms with Gasteiger partial charge in [0.05, 0.1) is 45.6 Å². The van der Waals surface area contributed by atoms with E-state index in [1.54, 1.807) is 41.5 Å². The second-order valence-electron chi connectivity index (χ2n) is 15.4. The maximum Gasteiger partial charge on any atom is 0.411 e. The molecule has 2 heterocycles. The number of carbonyl (C=O) groups is 4. The van der Waals surface area contributed by atoms with Gasteiger partial charge in [0.1, 0.15) is 23.3 Å². The summed E-state index contributed by atoms with van der Waals surface area (Å²) in [5.41, 5.74) is 0.946. The predicted molar refractivity (Wildman–Crippen MR) is 203 cm³/mol. The minimum atomic E-state index is -1.04. The number of carboxylic acid groups (broad SMARTS) is 1. The van der Waals surface area contributed by atoms with Crippen LogP contribution in [-0.2, 0) is 56.0 Å². The van der Waals surface area contributed by atoms with Crippen LogP contribution in [0.2, 0.25) is 0 Å². The minimum absolute atomic E-state index is 0.219. The third-order valence-corrected chi connectivity index (χ3v) is 8.34. The first-order chi connectivity index (χ1) is 26.1. The van der Waals surface area contributed by atoms with Crippen LogP contribution < -0.4 is 0 Å². The molecule has 2 amide bonds. The summed E-state index contributed by atoms with van der Waals surface area (Å²) in [7, 11) is 1.31. The zero-order valence-corrected chi connectivity index (χ0v) is 33.4. The van der Waals surface area contributed by atoms with Crippen molar-refractivity contribution in [3.05, 3.63) is 71.8 Å². The van der Waals surface area contributed by atoms with Crippen LogP contribution >= 0.6 is 0 Å². The molecule has 14 nitrogen and oxygen atoms in total. The number of carbonyl (C=O) groups excluding carboxylic acids is 3. The Hall–Kier alpha value is -4.24. The molecule has 0 radical (unpaired) electrons. The third kappa shape index (κ3) is 17.0. The lowest BCUT2D eigenvalue weighted by Crippen LogP contribution is -2.44. The molecule has 14 heteroatoms. The number of likely N-dealkylation sites (tertiary alicyclic amines) is 2. The van der Waals surface area contributed by atoms with E-state index in [0.717, 1.165) is 17.5 Å². The highest BCUT2D eigenvalue weighted by Gasteiger charge is 2.43. The Bertz CT molecular complexity index is 1460. The lowest BCUT2D eigenvalue weighted by Gasteiger charge is -2.27. The van der Waals surface area contributed by atoms with E-state index < -0.39 is 47.4 Å². The van der Waals surface area contributed by atoms with Crippen molar-refractivity contribution < 1.29 is 57.4 Å². The van der Waals surface area contributed by atoms with E-state index in [4.69, 9.17) is 33.2 Å². The number of hydrogen-bond donors (Lipinski definition) is 1. The smallest absolute Gasteiger partial charge is 0.411 e. The molecule has 2 aliphatic heterocycles. The lowest BCUT2D eigenvalue weighted by molar-refractivity contribution is -0.145. The van der Waals surface area contributed by atoms with Crippen molar-refractivity contribution in [3.8, 4) is 0 Å². The normalized spacial score (nSPS) is 19.7. The van der Waals surface area contributed by atoms with E-state index in [1.165, 1.54) is 16.9 Å². The molecule has 0 spiro atoms. The average Bonchev–Trinajstić information content (AvgIpc) is 3.76. The molecule has 2 saturated heterocycles. The van der Waals surface area contributed by atoms with Crippen LogP contribution in [0.3, 0.4) is 0 Å². The number of rotatable bonds is 16. The standard InChI is InChI=1S/C21H31NO6.C20H29NO6/c1-21(2,3)28-20(24)22-14-17(13-18(22)19(23)25-4)27-12-8-11-26-15-16-9-6-5-7-10-16;1-20(2,3)27-19(24)21-13-16(12-17(21)18(22)23)26-11-7-10-25-14-15-8-5-4-6-9-15/h5-7,9-10,17-18H,8,11-15H2,1-4H3;4-6,8-9,16-17H,7,10-14H2,1-3H3,(H,22,23)/t17-,18-;16-,17-/m00/s1. The summed E-state index contributed by atoms with van der Waals surface area (Å²) in [6.45, 7) is 14.4. The van der Waals surface area contributed by atoms with Crippen molar-refractivity contribution in [1.82, 2.24) is 9.80 Å². The van der Waals surface area contributed by atoms with Gasteiger partial charge in [-0.3, -0.25) is 9.80 Å². The van der Waals surface area contributed by atoms with Crippen LogP contribution in [0, 0.1) is 0 Å². The number of nitrogens with zero attached hydrogens (tertiary/aromatic N) is 2. The van der Waals surface area contributed by atoms with E-state index in [2.05, 4.69) is 0 Å². The van der Waals surface area contributed by atoms with Crippen molar-refractivity contribution in [2.24, 2.45) is 0 Å². The Balaban J connectivity index is 0.000000296. The van der Waals surface area contributed by atoms with Gasteiger partial charge in [0.25, 0.3) is 0 Å². The summed E-state index contributed by atoms with van der Waals surface area (Å²) in [5.74, 6) is -1.50. The molecule has 306 valence electrons. The molecule has 0 aliphatic carbocycles. The fourth-order valence-electron chi connectivity index (χ4n) is 5.83. The molecule has 0 bridgehead atoms. The van der Waals surface area contributed by atoms with Crippen molar-refractivity contribution in [3.63, 3.8) is 0 Å². The molecule has 55 heavy (non-hydrogen) atoms. The van der Waals surface area contributed by atoms with E-state index in [9.17, 15) is 24.3 Å². The zero-order chi connectivity index (χ0) is 40.4. The molecule has 2 fully saturated rings. The van der Waals surface area contributed by atoms with Gasteiger partial charge in [-0.2, -0.15) is 0 Å². The second kappa shape index (κ2) is 22.3. The predicted octanol–water partition coefficient (Wildman–Crippen LogP) is 6.23. The minimum Gasteiger partial charge on any atom is -0.480 e. The van der Waals surface area contributed by atoms with Gasteiger partial charge in [-0.25, -0.2) is 19.2 Å². The summed E-state index contributed by atoms with van der Waals surface area (Å²) >= 11 is 0. The quantitative estimate of drug-likeness (QED) is 0.117. The molecule has 2 aromatic rings. The van der Waals surface area contributed by atoms with Gasteiger partial charge in [-0.05, 0) is 65.5 Å². The maximum atomic E-state index is 12.4. The van der Waals surface area contributed by atoms with Crippen molar-refractivity contribution in [2.75, 3.05) is 46.6 Å². The summed E-state index contributed by atoms with van der Waals surface area (Å²) < 4.78 is 38.4. The highest BCUT2D eigenvalue weighted by molar-refractivity contribution is 5.82. The molecule has 1 N–H and O–H groups in total. The number of esters is 1. The SMILES string of the molecule is CC(C)(C)OC(=O)N1C[C@@H](OCCCOCc2ccccc2)C[C@H]1C(=O)O.COC(=O)[C@@H]1C[C@H](OCCCOCc2ccccc2)CN1C(=O)OC(C)(C)C. The Morgan fingerprint density at radius 2 is 1.04 bits per heavy atom. The van der Waals surface area contributed by atoms with E-state index in [-0.39, 0.29) is 25.2 Å². The highest BCUT2D eigenvalue weighted by Crippen LogP contribution is 2.25. The summed E-state index contributed by atoms with van der Waals surface area (Å²) in [5, 5.41) is 9.37. The molecular formula is C41H60N2O12. The topological polar surface area (TPSA) is 160 Å². The van der Waals surface area contributed by atoms with E-state index in [1.807, 2.05) is 60.7 Å². The van der Waals surface area contributed by atoms with Crippen molar-refractivity contribution >= 4 is 24.1 Å². The van der Waals surface area contributed by atoms with Gasteiger partial charge in [-0.15, -0.1) is 0 Å². The Kier molecular flexibility index (Phi) is 18.3. The molecule has 0 unspecified atom stereocenters. The number of amides is 2. The molecule has 4 atom stereocenters.